The number of nitrogens with one attached hydrogen (secondary N) is 1. The number of hydrogen-bond acceptors (Lipinski definition) is 7. The molecule has 1 aromatic carbocycles. The zero-order valence-electron chi connectivity index (χ0n) is 18.6. The van der Waals surface area contributed by atoms with Crippen LogP contribution in [0.2, 0.25) is 0 Å². The molecule has 0 aromatic heterocycles. The van der Waals surface area contributed by atoms with Crippen molar-refractivity contribution in [3.63, 3.8) is 0 Å². The number of carbonyl (C=O) groups is 2. The monoisotopic (exact) mass is 420 g/mol. The van der Waals surface area contributed by atoms with Gasteiger partial charge in [0.2, 0.25) is 0 Å². The first-order chi connectivity index (χ1) is 14.1. The van der Waals surface area contributed by atoms with Crippen molar-refractivity contribution in [2.24, 2.45) is 11.1 Å². The quantitative estimate of drug-likeness (QED) is 0.645. The van der Waals surface area contributed by atoms with E-state index in [2.05, 4.69) is 10.5 Å². The molecule has 8 nitrogen and oxygen atoms in total. The SMILES string of the molecule is CCOC(=O)C1(COc2ccccc2)CC([C@@H](NC(=O)OC(C)(C)C)C(C)C)=NO1. The average Bonchev–Trinajstić information content (AvgIpc) is 3.09. The Morgan fingerprint density at radius 1 is 1.23 bits per heavy atom. The predicted octanol–water partition coefficient (Wildman–Crippen LogP) is 3.69. The number of esters is 1. The van der Waals surface area contributed by atoms with E-state index in [1.165, 1.54) is 0 Å². The number of ether oxygens (including phenoxy) is 3. The molecule has 0 spiro atoms. The highest BCUT2D eigenvalue weighted by Crippen LogP contribution is 2.30. The molecule has 1 heterocycles. The number of nitrogens with zero attached hydrogens (tertiary/aromatic N) is 1. The molecule has 30 heavy (non-hydrogen) atoms. The lowest BCUT2D eigenvalue weighted by atomic mass is 9.90. The van der Waals surface area contributed by atoms with Crippen LogP contribution < -0.4 is 10.1 Å². The van der Waals surface area contributed by atoms with Gasteiger partial charge in [-0.1, -0.05) is 37.2 Å². The molecule has 0 fully saturated rings. The van der Waals surface area contributed by atoms with Crippen LogP contribution in [-0.4, -0.2) is 48.2 Å². The topological polar surface area (TPSA) is 95.5 Å². The van der Waals surface area contributed by atoms with E-state index in [1.54, 1.807) is 39.8 Å². The Morgan fingerprint density at radius 2 is 1.90 bits per heavy atom. The van der Waals surface area contributed by atoms with Gasteiger partial charge in [0.25, 0.3) is 5.60 Å². The average molecular weight is 421 g/mol. The van der Waals surface area contributed by atoms with Crippen molar-refractivity contribution in [3.05, 3.63) is 30.3 Å². The maximum Gasteiger partial charge on any atom is 0.408 e. The van der Waals surface area contributed by atoms with Gasteiger partial charge in [-0.25, -0.2) is 9.59 Å². The predicted molar refractivity (Wildman–Crippen MR) is 112 cm³/mol. The van der Waals surface area contributed by atoms with Crippen LogP contribution in [0, 0.1) is 5.92 Å². The molecule has 2 rings (SSSR count). The molecule has 8 heteroatoms. The summed E-state index contributed by atoms with van der Waals surface area (Å²) in [5.74, 6) is 0.0397. The number of hydrogen-bond donors (Lipinski definition) is 1. The minimum atomic E-state index is -1.41. The summed E-state index contributed by atoms with van der Waals surface area (Å²) in [6.07, 6.45) is -0.421. The maximum atomic E-state index is 12.7. The highest BCUT2D eigenvalue weighted by Gasteiger charge is 2.51. The first-order valence-electron chi connectivity index (χ1n) is 10.2. The fourth-order valence-electron chi connectivity index (χ4n) is 2.96. The van der Waals surface area contributed by atoms with Crippen molar-refractivity contribution >= 4 is 17.8 Å². The zero-order chi connectivity index (χ0) is 22.4. The maximum absolute atomic E-state index is 12.7. The molecule has 1 aliphatic rings. The summed E-state index contributed by atoms with van der Waals surface area (Å²) >= 11 is 0. The fourth-order valence-corrected chi connectivity index (χ4v) is 2.96. The molecule has 0 saturated carbocycles. The molecule has 0 aliphatic carbocycles. The first kappa shape index (κ1) is 23.5. The minimum absolute atomic E-state index is 0.00657. The van der Waals surface area contributed by atoms with Crippen LogP contribution in [0.3, 0.4) is 0 Å². The molecule has 1 unspecified atom stereocenters. The van der Waals surface area contributed by atoms with Gasteiger partial charge in [-0.2, -0.15) is 0 Å². The van der Waals surface area contributed by atoms with Crippen molar-refractivity contribution < 1.29 is 28.6 Å². The Kier molecular flexibility index (Phi) is 7.70. The molecule has 166 valence electrons. The van der Waals surface area contributed by atoms with E-state index in [4.69, 9.17) is 19.0 Å². The molecule has 2 atom stereocenters. The second kappa shape index (κ2) is 9.82. The summed E-state index contributed by atoms with van der Waals surface area (Å²) in [5, 5.41) is 6.97. The van der Waals surface area contributed by atoms with E-state index in [-0.39, 0.29) is 25.6 Å². The molecule has 1 N–H and O–H groups in total. The summed E-state index contributed by atoms with van der Waals surface area (Å²) in [7, 11) is 0. The largest absolute Gasteiger partial charge is 0.489 e. The highest BCUT2D eigenvalue weighted by atomic mass is 16.7. The molecule has 0 bridgehead atoms. The lowest BCUT2D eigenvalue weighted by Crippen LogP contribution is -2.50. The smallest absolute Gasteiger partial charge is 0.408 e. The first-order valence-corrected chi connectivity index (χ1v) is 10.2. The summed E-state index contributed by atoms with van der Waals surface area (Å²) in [6, 6.07) is 8.66. The van der Waals surface area contributed by atoms with Gasteiger partial charge in [0.05, 0.1) is 18.4 Å². The summed E-state index contributed by atoms with van der Waals surface area (Å²) in [6.45, 7) is 11.1. The highest BCUT2D eigenvalue weighted by molar-refractivity contribution is 5.98. The standard InChI is InChI=1S/C22H32N2O6/c1-7-27-19(25)22(14-28-16-11-9-8-10-12-16)13-17(24-30-22)18(15(2)3)23-20(26)29-21(4,5)6/h8-12,15,18H,7,13-14H2,1-6H3,(H,23,26)/t18-,22?/m0/s1. The van der Waals surface area contributed by atoms with Gasteiger partial charge in [0, 0.05) is 6.42 Å². The van der Waals surface area contributed by atoms with Gasteiger partial charge in [0.1, 0.15) is 18.0 Å². The van der Waals surface area contributed by atoms with E-state index >= 15 is 0 Å². The van der Waals surface area contributed by atoms with Gasteiger partial charge in [-0.05, 0) is 45.7 Å². The lowest BCUT2D eigenvalue weighted by Gasteiger charge is -2.27. The molecule has 1 amide bonds. The van der Waals surface area contributed by atoms with Crippen molar-refractivity contribution in [2.75, 3.05) is 13.2 Å². The van der Waals surface area contributed by atoms with Crippen LogP contribution in [0.15, 0.2) is 35.5 Å². The second-order valence-electron chi connectivity index (χ2n) is 8.54. The Balaban J connectivity index is 2.15. The molecule has 1 aromatic rings. The molecule has 0 radical (unpaired) electrons. The van der Waals surface area contributed by atoms with E-state index < -0.39 is 29.3 Å². The third-order valence-electron chi connectivity index (χ3n) is 4.36. The van der Waals surface area contributed by atoms with Crippen molar-refractivity contribution in [1.29, 1.82) is 0 Å². The zero-order valence-corrected chi connectivity index (χ0v) is 18.6. The third-order valence-corrected chi connectivity index (χ3v) is 4.36. The number of rotatable bonds is 8. The van der Waals surface area contributed by atoms with Gasteiger partial charge in [0.15, 0.2) is 0 Å². The molecular weight excluding hydrogens is 388 g/mol. The van der Waals surface area contributed by atoms with Gasteiger partial charge < -0.3 is 24.4 Å². The molecule has 1 aliphatic heterocycles. The van der Waals surface area contributed by atoms with Gasteiger partial charge in [-0.15, -0.1) is 0 Å². The van der Waals surface area contributed by atoms with E-state index in [0.29, 0.717) is 11.5 Å². The number of para-hydroxylation sites is 1. The van der Waals surface area contributed by atoms with Crippen molar-refractivity contribution in [1.82, 2.24) is 5.32 Å². The second-order valence-corrected chi connectivity index (χ2v) is 8.54. The molecule has 0 saturated heterocycles. The molecular formula is C22H32N2O6. The van der Waals surface area contributed by atoms with Crippen LogP contribution in [0.5, 0.6) is 5.75 Å². The van der Waals surface area contributed by atoms with E-state index in [1.807, 2.05) is 32.0 Å². The van der Waals surface area contributed by atoms with E-state index in [9.17, 15) is 9.59 Å². The fraction of sp³-hybridized carbons (Fsp3) is 0.591. The summed E-state index contributed by atoms with van der Waals surface area (Å²) < 4.78 is 16.4. The minimum Gasteiger partial charge on any atom is -0.489 e. The lowest BCUT2D eigenvalue weighted by molar-refractivity contribution is -0.172. The Bertz CT molecular complexity index is 757. The summed E-state index contributed by atoms with van der Waals surface area (Å²) in [4.78, 5) is 30.6. The van der Waals surface area contributed by atoms with Crippen molar-refractivity contribution in [3.8, 4) is 5.75 Å². The van der Waals surface area contributed by atoms with Crippen LogP contribution in [0.25, 0.3) is 0 Å². The Hall–Kier alpha value is -2.77. The van der Waals surface area contributed by atoms with E-state index in [0.717, 1.165) is 0 Å². The van der Waals surface area contributed by atoms with Gasteiger partial charge in [-0.3, -0.25) is 0 Å². The number of amides is 1. The van der Waals surface area contributed by atoms with Crippen LogP contribution >= 0.6 is 0 Å². The Morgan fingerprint density at radius 3 is 2.47 bits per heavy atom. The summed E-state index contributed by atoms with van der Waals surface area (Å²) in [5.41, 5.74) is -1.51. The number of carbonyl (C=O) groups excluding carboxylic acids is 2. The Labute approximate surface area is 177 Å². The van der Waals surface area contributed by atoms with Crippen LogP contribution in [-0.2, 0) is 19.1 Å². The number of benzene rings is 1. The van der Waals surface area contributed by atoms with Gasteiger partial charge >= 0.3 is 12.1 Å². The van der Waals surface area contributed by atoms with Crippen molar-refractivity contribution in [2.45, 2.75) is 65.2 Å². The number of alkyl carbamates (subject to hydrolysis) is 1. The normalized spacial score (nSPS) is 19.5. The number of oxime groups is 1. The van der Waals surface area contributed by atoms with Crippen LogP contribution in [0.4, 0.5) is 4.79 Å². The third kappa shape index (κ3) is 6.37. The van der Waals surface area contributed by atoms with Crippen LogP contribution in [0.1, 0.15) is 48.0 Å².